The van der Waals surface area contributed by atoms with Crippen molar-refractivity contribution in [3.63, 3.8) is 0 Å². The Morgan fingerprint density at radius 3 is 2.75 bits per heavy atom. The van der Waals surface area contributed by atoms with E-state index in [2.05, 4.69) is 34.2 Å². The SMILES string of the molecule is CNc1cc(N(C)CC2CC2C)nc(C)n1. The van der Waals surface area contributed by atoms with Gasteiger partial charge in [-0.25, -0.2) is 9.97 Å². The molecule has 1 N–H and O–H groups in total. The third kappa shape index (κ3) is 2.43. The molecule has 1 saturated carbocycles. The van der Waals surface area contributed by atoms with Crippen LogP contribution >= 0.6 is 0 Å². The Labute approximate surface area is 97.1 Å². The van der Waals surface area contributed by atoms with Crippen molar-refractivity contribution >= 4 is 11.6 Å². The molecule has 0 spiro atoms. The molecule has 0 saturated heterocycles. The summed E-state index contributed by atoms with van der Waals surface area (Å²) in [6.45, 7) is 5.33. The minimum atomic E-state index is 0.817. The third-order valence-electron chi connectivity index (χ3n) is 3.26. The number of hydrogen-bond donors (Lipinski definition) is 1. The largest absolute Gasteiger partial charge is 0.373 e. The molecule has 1 fully saturated rings. The molecule has 2 unspecified atom stereocenters. The van der Waals surface area contributed by atoms with Gasteiger partial charge in [-0.1, -0.05) is 6.92 Å². The molecular formula is C12H20N4. The van der Waals surface area contributed by atoms with Crippen LogP contribution in [0.15, 0.2) is 6.07 Å². The zero-order valence-corrected chi connectivity index (χ0v) is 10.5. The zero-order valence-electron chi connectivity index (χ0n) is 10.5. The van der Waals surface area contributed by atoms with Crippen LogP contribution in [0.25, 0.3) is 0 Å². The second-order valence-corrected chi connectivity index (χ2v) is 4.76. The van der Waals surface area contributed by atoms with Crippen LogP contribution < -0.4 is 10.2 Å². The van der Waals surface area contributed by atoms with Crippen LogP contribution in [0, 0.1) is 18.8 Å². The highest BCUT2D eigenvalue weighted by Gasteiger charge is 2.33. The van der Waals surface area contributed by atoms with Crippen molar-refractivity contribution in [1.29, 1.82) is 0 Å². The van der Waals surface area contributed by atoms with E-state index >= 15 is 0 Å². The lowest BCUT2D eigenvalue weighted by Crippen LogP contribution is -2.22. The van der Waals surface area contributed by atoms with Crippen LogP contribution in [-0.4, -0.2) is 30.6 Å². The predicted molar refractivity (Wildman–Crippen MR) is 66.9 cm³/mol. The van der Waals surface area contributed by atoms with Crippen molar-refractivity contribution in [3.8, 4) is 0 Å². The smallest absolute Gasteiger partial charge is 0.134 e. The van der Waals surface area contributed by atoms with E-state index in [1.165, 1.54) is 6.42 Å². The lowest BCUT2D eigenvalue weighted by molar-refractivity contribution is 0.717. The Bertz CT molecular complexity index is 377. The van der Waals surface area contributed by atoms with Gasteiger partial charge in [0.05, 0.1) is 0 Å². The Hall–Kier alpha value is -1.32. The molecule has 0 bridgehead atoms. The second-order valence-electron chi connectivity index (χ2n) is 4.76. The Morgan fingerprint density at radius 1 is 1.50 bits per heavy atom. The van der Waals surface area contributed by atoms with Gasteiger partial charge in [0.25, 0.3) is 0 Å². The number of aromatic nitrogens is 2. The summed E-state index contributed by atoms with van der Waals surface area (Å²) >= 11 is 0. The zero-order chi connectivity index (χ0) is 11.7. The first-order valence-corrected chi connectivity index (χ1v) is 5.84. The molecular weight excluding hydrogens is 200 g/mol. The molecule has 1 aliphatic rings. The van der Waals surface area contributed by atoms with E-state index in [0.717, 1.165) is 35.8 Å². The number of rotatable bonds is 4. The average molecular weight is 220 g/mol. The summed E-state index contributed by atoms with van der Waals surface area (Å²) in [5, 5.41) is 3.06. The van der Waals surface area contributed by atoms with Crippen LogP contribution in [0.4, 0.5) is 11.6 Å². The highest BCUT2D eigenvalue weighted by molar-refractivity contribution is 5.48. The summed E-state index contributed by atoms with van der Waals surface area (Å²) in [4.78, 5) is 11.0. The van der Waals surface area contributed by atoms with Gasteiger partial charge >= 0.3 is 0 Å². The molecule has 1 aliphatic carbocycles. The molecule has 2 rings (SSSR count). The molecule has 1 heterocycles. The molecule has 4 heteroatoms. The molecule has 1 aromatic heterocycles. The summed E-state index contributed by atoms with van der Waals surface area (Å²) < 4.78 is 0. The first-order chi connectivity index (χ1) is 7.60. The monoisotopic (exact) mass is 220 g/mol. The van der Waals surface area contributed by atoms with Crippen molar-refractivity contribution in [3.05, 3.63) is 11.9 Å². The van der Waals surface area contributed by atoms with Gasteiger partial charge in [0.2, 0.25) is 0 Å². The highest BCUT2D eigenvalue weighted by atomic mass is 15.2. The van der Waals surface area contributed by atoms with Gasteiger partial charge in [-0.15, -0.1) is 0 Å². The lowest BCUT2D eigenvalue weighted by atomic mass is 10.3. The molecule has 0 aliphatic heterocycles. The Kier molecular flexibility index (Phi) is 2.99. The molecule has 16 heavy (non-hydrogen) atoms. The van der Waals surface area contributed by atoms with Gasteiger partial charge in [-0.2, -0.15) is 0 Å². The predicted octanol–water partition coefficient (Wildman–Crippen LogP) is 1.92. The van der Waals surface area contributed by atoms with Gasteiger partial charge < -0.3 is 10.2 Å². The van der Waals surface area contributed by atoms with Gasteiger partial charge in [0.1, 0.15) is 17.5 Å². The van der Waals surface area contributed by atoms with E-state index in [1.54, 1.807) is 0 Å². The number of nitrogens with zero attached hydrogens (tertiary/aromatic N) is 3. The first-order valence-electron chi connectivity index (χ1n) is 5.84. The fourth-order valence-electron chi connectivity index (χ4n) is 1.97. The normalized spacial score (nSPS) is 23.0. The summed E-state index contributed by atoms with van der Waals surface area (Å²) in [6.07, 6.45) is 1.35. The lowest BCUT2D eigenvalue weighted by Gasteiger charge is -2.19. The van der Waals surface area contributed by atoms with Crippen LogP contribution in [0.3, 0.4) is 0 Å². The van der Waals surface area contributed by atoms with E-state index in [0.29, 0.717) is 0 Å². The molecule has 0 aromatic carbocycles. The minimum absolute atomic E-state index is 0.817. The number of hydrogen-bond acceptors (Lipinski definition) is 4. The van der Waals surface area contributed by atoms with Crippen LogP contribution in [-0.2, 0) is 0 Å². The summed E-state index contributed by atoms with van der Waals surface area (Å²) in [5.41, 5.74) is 0. The molecule has 0 amide bonds. The fourth-order valence-corrected chi connectivity index (χ4v) is 1.97. The van der Waals surface area contributed by atoms with Crippen LogP contribution in [0.1, 0.15) is 19.2 Å². The second kappa shape index (κ2) is 4.28. The van der Waals surface area contributed by atoms with Crippen LogP contribution in [0.5, 0.6) is 0 Å². The van der Waals surface area contributed by atoms with Crippen molar-refractivity contribution in [1.82, 2.24) is 9.97 Å². The van der Waals surface area contributed by atoms with Gasteiger partial charge in [0, 0.05) is 26.7 Å². The summed E-state index contributed by atoms with van der Waals surface area (Å²) in [5.74, 6) is 4.44. The highest BCUT2D eigenvalue weighted by Crippen LogP contribution is 2.38. The van der Waals surface area contributed by atoms with Crippen molar-refractivity contribution in [2.75, 3.05) is 30.9 Å². The van der Waals surface area contributed by atoms with E-state index < -0.39 is 0 Å². The third-order valence-corrected chi connectivity index (χ3v) is 3.26. The molecule has 1 aromatic rings. The maximum atomic E-state index is 4.46. The van der Waals surface area contributed by atoms with Crippen molar-refractivity contribution < 1.29 is 0 Å². The van der Waals surface area contributed by atoms with Crippen molar-refractivity contribution in [2.24, 2.45) is 11.8 Å². The Morgan fingerprint density at radius 2 is 2.19 bits per heavy atom. The molecule has 0 radical (unpaired) electrons. The van der Waals surface area contributed by atoms with E-state index in [9.17, 15) is 0 Å². The first kappa shape index (κ1) is 11.2. The van der Waals surface area contributed by atoms with Crippen LogP contribution in [0.2, 0.25) is 0 Å². The van der Waals surface area contributed by atoms with Crippen molar-refractivity contribution in [2.45, 2.75) is 20.3 Å². The Balaban J connectivity index is 2.09. The average Bonchev–Trinajstić information content (AvgIpc) is 2.93. The van der Waals surface area contributed by atoms with E-state index in [-0.39, 0.29) is 0 Å². The van der Waals surface area contributed by atoms with E-state index in [1.807, 2.05) is 20.0 Å². The molecule has 4 nitrogen and oxygen atoms in total. The topological polar surface area (TPSA) is 41.0 Å². The number of aryl methyl sites for hydroxylation is 1. The maximum absolute atomic E-state index is 4.46. The van der Waals surface area contributed by atoms with Gasteiger partial charge in [0.15, 0.2) is 0 Å². The quantitative estimate of drug-likeness (QED) is 0.841. The number of anilines is 2. The van der Waals surface area contributed by atoms with E-state index in [4.69, 9.17) is 0 Å². The number of nitrogens with one attached hydrogen (secondary N) is 1. The fraction of sp³-hybridized carbons (Fsp3) is 0.667. The molecule has 88 valence electrons. The van der Waals surface area contributed by atoms with Gasteiger partial charge in [-0.05, 0) is 25.2 Å². The summed E-state index contributed by atoms with van der Waals surface area (Å²) in [6, 6.07) is 2.00. The molecule has 2 atom stereocenters. The van der Waals surface area contributed by atoms with Gasteiger partial charge in [-0.3, -0.25) is 0 Å². The minimum Gasteiger partial charge on any atom is -0.373 e. The summed E-state index contributed by atoms with van der Waals surface area (Å²) in [7, 11) is 3.99. The maximum Gasteiger partial charge on any atom is 0.134 e. The standard InChI is InChI=1S/C12H20N4/c1-8-5-10(8)7-16(4)12-6-11(13-3)14-9(2)15-12/h6,8,10H,5,7H2,1-4H3,(H,13,14,15).